The van der Waals surface area contributed by atoms with E-state index in [-0.39, 0.29) is 6.04 Å². The van der Waals surface area contributed by atoms with Crippen LogP contribution < -0.4 is 4.83 Å². The maximum atomic E-state index is 12.3. The Hall–Kier alpha value is -0.950. The molecule has 0 amide bonds. The van der Waals surface area contributed by atoms with E-state index in [1.807, 2.05) is 6.92 Å². The highest BCUT2D eigenvalue weighted by Crippen LogP contribution is 2.18. The van der Waals surface area contributed by atoms with Crippen LogP contribution in [-0.4, -0.2) is 39.7 Å². The molecule has 19 heavy (non-hydrogen) atoms. The van der Waals surface area contributed by atoms with Gasteiger partial charge in [0.15, 0.2) is 0 Å². The summed E-state index contributed by atoms with van der Waals surface area (Å²) >= 11 is 0. The Bertz CT molecular complexity index is 513. The molecule has 1 fully saturated rings. The first kappa shape index (κ1) is 14.5. The molecule has 0 spiro atoms. The molecular weight excluding hydrogens is 264 g/mol. The van der Waals surface area contributed by atoms with Crippen LogP contribution in [0.5, 0.6) is 0 Å². The molecule has 1 saturated heterocycles. The smallest absolute Gasteiger partial charge is 0.253 e. The van der Waals surface area contributed by atoms with E-state index in [2.05, 4.69) is 4.83 Å². The van der Waals surface area contributed by atoms with Crippen LogP contribution in [-0.2, 0) is 14.8 Å². The highest BCUT2D eigenvalue weighted by Gasteiger charge is 2.28. The van der Waals surface area contributed by atoms with Crippen molar-refractivity contribution in [1.82, 2.24) is 9.84 Å². The van der Waals surface area contributed by atoms with Crippen molar-refractivity contribution < 1.29 is 13.2 Å². The second-order valence-corrected chi connectivity index (χ2v) is 6.51. The zero-order chi connectivity index (χ0) is 13.9. The van der Waals surface area contributed by atoms with E-state index >= 15 is 0 Å². The number of aryl methyl sites for hydroxylation is 1. The minimum Gasteiger partial charge on any atom is -0.383 e. The molecule has 0 saturated carbocycles. The Morgan fingerprint density at radius 1 is 1.37 bits per heavy atom. The van der Waals surface area contributed by atoms with Crippen LogP contribution in [0.25, 0.3) is 0 Å². The third-order valence-corrected chi connectivity index (χ3v) is 4.67. The molecule has 6 heteroatoms. The van der Waals surface area contributed by atoms with Crippen LogP contribution in [0.4, 0.5) is 0 Å². The summed E-state index contributed by atoms with van der Waals surface area (Å²) in [5, 5.41) is 1.76. The Morgan fingerprint density at radius 2 is 2.05 bits per heavy atom. The quantitative estimate of drug-likeness (QED) is 0.885. The molecule has 5 nitrogen and oxygen atoms in total. The van der Waals surface area contributed by atoms with Gasteiger partial charge in [0.25, 0.3) is 10.0 Å². The van der Waals surface area contributed by atoms with Crippen molar-refractivity contribution in [1.29, 1.82) is 0 Å². The van der Waals surface area contributed by atoms with Gasteiger partial charge in [0, 0.05) is 19.7 Å². The number of benzene rings is 1. The molecule has 0 radical (unpaired) electrons. The molecule has 2 rings (SSSR count). The van der Waals surface area contributed by atoms with Gasteiger partial charge in [0.2, 0.25) is 0 Å². The fourth-order valence-corrected chi connectivity index (χ4v) is 3.39. The lowest BCUT2D eigenvalue weighted by Gasteiger charge is -2.24. The molecule has 1 aromatic carbocycles. The lowest BCUT2D eigenvalue weighted by molar-refractivity contribution is 0.104. The summed E-state index contributed by atoms with van der Waals surface area (Å²) < 4.78 is 29.6. The zero-order valence-electron chi connectivity index (χ0n) is 11.3. The number of hydrazine groups is 1. The summed E-state index contributed by atoms with van der Waals surface area (Å²) in [6.45, 7) is 3.19. The number of methoxy groups -OCH3 is 1. The minimum atomic E-state index is -3.49. The van der Waals surface area contributed by atoms with E-state index in [0.29, 0.717) is 11.5 Å². The van der Waals surface area contributed by atoms with E-state index in [4.69, 9.17) is 4.74 Å². The predicted molar refractivity (Wildman–Crippen MR) is 73.1 cm³/mol. The van der Waals surface area contributed by atoms with Gasteiger partial charge in [-0.15, -0.1) is 4.83 Å². The number of sulfonamides is 1. The summed E-state index contributed by atoms with van der Waals surface area (Å²) in [5.41, 5.74) is 1.04. The molecule has 1 atom stereocenters. The topological polar surface area (TPSA) is 58.6 Å². The average molecular weight is 284 g/mol. The Labute approximate surface area is 114 Å². The largest absolute Gasteiger partial charge is 0.383 e. The van der Waals surface area contributed by atoms with Gasteiger partial charge >= 0.3 is 0 Å². The molecule has 1 N–H and O–H groups in total. The SMILES string of the molecule is COCC1CCCN1NS(=O)(=O)c1ccc(C)cc1. The zero-order valence-corrected chi connectivity index (χ0v) is 12.1. The molecule has 1 aliphatic rings. The first-order chi connectivity index (χ1) is 9.03. The van der Waals surface area contributed by atoms with Crippen LogP contribution in [0.2, 0.25) is 0 Å². The number of rotatable bonds is 5. The standard InChI is InChI=1S/C13H20N2O3S/c1-11-5-7-13(8-6-11)19(16,17)14-15-9-3-4-12(15)10-18-2/h5-8,12,14H,3-4,9-10H2,1-2H3. The van der Waals surface area contributed by atoms with Gasteiger partial charge in [0.1, 0.15) is 0 Å². The Kier molecular flexibility index (Phi) is 4.57. The van der Waals surface area contributed by atoms with Gasteiger partial charge in [-0.25, -0.2) is 13.4 Å². The number of nitrogens with one attached hydrogen (secondary N) is 1. The van der Waals surface area contributed by atoms with Crippen molar-refractivity contribution in [3.8, 4) is 0 Å². The third-order valence-electron chi connectivity index (χ3n) is 3.30. The molecule has 0 aliphatic carbocycles. The van der Waals surface area contributed by atoms with Crippen LogP contribution in [0, 0.1) is 6.92 Å². The van der Waals surface area contributed by atoms with Crippen molar-refractivity contribution in [3.63, 3.8) is 0 Å². The van der Waals surface area contributed by atoms with Gasteiger partial charge in [-0.05, 0) is 31.9 Å². The predicted octanol–water partition coefficient (Wildman–Crippen LogP) is 1.30. The van der Waals surface area contributed by atoms with Crippen molar-refractivity contribution >= 4 is 10.0 Å². The fourth-order valence-electron chi connectivity index (χ4n) is 2.25. The maximum absolute atomic E-state index is 12.3. The minimum absolute atomic E-state index is 0.116. The van der Waals surface area contributed by atoms with Crippen molar-refractivity contribution in [2.45, 2.75) is 30.7 Å². The second kappa shape index (κ2) is 6.00. The number of hydrogen-bond donors (Lipinski definition) is 1. The van der Waals surface area contributed by atoms with Gasteiger partial charge in [-0.1, -0.05) is 17.7 Å². The monoisotopic (exact) mass is 284 g/mol. The summed E-state index contributed by atoms with van der Waals surface area (Å²) in [6, 6.07) is 6.96. The average Bonchev–Trinajstić information content (AvgIpc) is 2.77. The molecular formula is C13H20N2O3S. The number of hydrogen-bond acceptors (Lipinski definition) is 4. The highest BCUT2D eigenvalue weighted by molar-refractivity contribution is 7.89. The van der Waals surface area contributed by atoms with E-state index in [1.165, 1.54) is 0 Å². The highest BCUT2D eigenvalue weighted by atomic mass is 32.2. The van der Waals surface area contributed by atoms with E-state index in [9.17, 15) is 8.42 Å². The van der Waals surface area contributed by atoms with E-state index in [1.54, 1.807) is 36.4 Å². The second-order valence-electron chi connectivity index (χ2n) is 4.85. The Morgan fingerprint density at radius 3 is 2.68 bits per heavy atom. The van der Waals surface area contributed by atoms with Crippen LogP contribution >= 0.6 is 0 Å². The summed E-state index contributed by atoms with van der Waals surface area (Å²) in [4.78, 5) is 2.94. The molecule has 106 valence electrons. The van der Waals surface area contributed by atoms with E-state index < -0.39 is 10.0 Å². The maximum Gasteiger partial charge on any atom is 0.253 e. The summed E-state index contributed by atoms with van der Waals surface area (Å²) in [7, 11) is -1.86. The summed E-state index contributed by atoms with van der Waals surface area (Å²) in [5.74, 6) is 0. The first-order valence-electron chi connectivity index (χ1n) is 6.37. The van der Waals surface area contributed by atoms with Crippen molar-refractivity contribution in [3.05, 3.63) is 29.8 Å². The molecule has 0 aromatic heterocycles. The van der Waals surface area contributed by atoms with Crippen LogP contribution in [0.15, 0.2) is 29.2 Å². The molecule has 1 heterocycles. The van der Waals surface area contributed by atoms with Crippen LogP contribution in [0.1, 0.15) is 18.4 Å². The summed E-state index contributed by atoms with van der Waals surface area (Å²) in [6.07, 6.45) is 1.93. The number of ether oxygens (including phenoxy) is 1. The first-order valence-corrected chi connectivity index (χ1v) is 7.86. The molecule has 1 unspecified atom stereocenters. The Balaban J connectivity index is 2.10. The van der Waals surface area contributed by atoms with E-state index in [0.717, 1.165) is 24.9 Å². The number of nitrogens with zero attached hydrogens (tertiary/aromatic N) is 1. The van der Waals surface area contributed by atoms with Gasteiger partial charge in [0.05, 0.1) is 11.5 Å². The van der Waals surface area contributed by atoms with Gasteiger partial charge < -0.3 is 4.74 Å². The third kappa shape index (κ3) is 3.54. The van der Waals surface area contributed by atoms with Gasteiger partial charge in [-0.2, -0.15) is 0 Å². The van der Waals surface area contributed by atoms with Gasteiger partial charge in [-0.3, -0.25) is 0 Å². The van der Waals surface area contributed by atoms with Crippen molar-refractivity contribution in [2.75, 3.05) is 20.3 Å². The molecule has 0 bridgehead atoms. The van der Waals surface area contributed by atoms with Crippen LogP contribution in [0.3, 0.4) is 0 Å². The normalized spacial score (nSPS) is 20.8. The molecule has 1 aromatic rings. The fraction of sp³-hybridized carbons (Fsp3) is 0.538. The lowest BCUT2D eigenvalue weighted by Crippen LogP contribution is -2.46. The molecule has 1 aliphatic heterocycles. The van der Waals surface area contributed by atoms with Crippen molar-refractivity contribution in [2.24, 2.45) is 0 Å². The lowest BCUT2D eigenvalue weighted by atomic mass is 10.2.